The maximum Gasteiger partial charge on any atom is 0.0989 e. The zero-order valence-corrected chi connectivity index (χ0v) is 10.3. The van der Waals surface area contributed by atoms with E-state index in [1.807, 2.05) is 12.1 Å². The molecule has 0 radical (unpaired) electrons. The zero-order chi connectivity index (χ0) is 11.3. The predicted molar refractivity (Wildman–Crippen MR) is 65.9 cm³/mol. The molecule has 1 rings (SSSR count). The first-order valence-corrected chi connectivity index (χ1v) is 6.19. The average molecular weight is 219 g/mol. The fraction of sp³-hybridized carbons (Fsp3) is 0.462. The molecule has 1 aromatic rings. The highest BCUT2D eigenvalue weighted by Crippen LogP contribution is 2.31. The Morgan fingerprint density at radius 3 is 2.60 bits per heavy atom. The zero-order valence-electron chi connectivity index (χ0n) is 9.53. The minimum atomic E-state index is 0.0658. The van der Waals surface area contributed by atoms with E-state index in [4.69, 9.17) is 5.26 Å². The highest BCUT2D eigenvalue weighted by Gasteiger charge is 2.16. The predicted octanol–water partition coefficient (Wildman–Crippen LogP) is 4.03. The summed E-state index contributed by atoms with van der Waals surface area (Å²) in [5.41, 5.74) is 1.26. The molecular formula is C13H17NS. The summed E-state index contributed by atoms with van der Waals surface area (Å²) >= 11 is 1.69. The van der Waals surface area contributed by atoms with Crippen LogP contribution in [0.25, 0.3) is 0 Å². The van der Waals surface area contributed by atoms with E-state index in [9.17, 15) is 0 Å². The lowest BCUT2D eigenvalue weighted by molar-refractivity contribution is 0.589. The number of thioether (sulfide) groups is 1. The second-order valence-electron chi connectivity index (χ2n) is 3.82. The molecule has 0 saturated carbocycles. The molecule has 0 bridgehead atoms. The van der Waals surface area contributed by atoms with E-state index in [-0.39, 0.29) is 5.25 Å². The molecule has 0 aliphatic carbocycles. The standard InChI is InChI=1S/C13H17NS/c1-4-10(2)13(9-14)15-12-8-6-5-7-11(12)3/h5-8,10,13H,4H2,1-3H3. The van der Waals surface area contributed by atoms with Gasteiger partial charge in [0.15, 0.2) is 0 Å². The van der Waals surface area contributed by atoms with Crippen LogP contribution in [0.1, 0.15) is 25.8 Å². The lowest BCUT2D eigenvalue weighted by Gasteiger charge is -2.16. The highest BCUT2D eigenvalue weighted by atomic mass is 32.2. The molecule has 2 unspecified atom stereocenters. The van der Waals surface area contributed by atoms with Crippen LogP contribution < -0.4 is 0 Å². The number of rotatable bonds is 4. The van der Waals surface area contributed by atoms with Gasteiger partial charge in [0, 0.05) is 4.90 Å². The van der Waals surface area contributed by atoms with Crippen LogP contribution in [-0.4, -0.2) is 5.25 Å². The van der Waals surface area contributed by atoms with Gasteiger partial charge in [0.2, 0.25) is 0 Å². The largest absolute Gasteiger partial charge is 0.197 e. The Kier molecular flexibility index (Phi) is 4.71. The van der Waals surface area contributed by atoms with Crippen LogP contribution >= 0.6 is 11.8 Å². The van der Waals surface area contributed by atoms with Crippen molar-refractivity contribution >= 4 is 11.8 Å². The van der Waals surface area contributed by atoms with E-state index in [0.29, 0.717) is 5.92 Å². The van der Waals surface area contributed by atoms with Gasteiger partial charge >= 0.3 is 0 Å². The van der Waals surface area contributed by atoms with Crippen LogP contribution in [-0.2, 0) is 0 Å². The van der Waals surface area contributed by atoms with E-state index in [1.165, 1.54) is 10.5 Å². The topological polar surface area (TPSA) is 23.8 Å². The van der Waals surface area contributed by atoms with Crippen LogP contribution in [0.3, 0.4) is 0 Å². The van der Waals surface area contributed by atoms with Crippen molar-refractivity contribution in [3.8, 4) is 6.07 Å². The molecule has 0 heterocycles. The van der Waals surface area contributed by atoms with E-state index < -0.39 is 0 Å². The van der Waals surface area contributed by atoms with Crippen molar-refractivity contribution in [2.24, 2.45) is 5.92 Å². The fourth-order valence-electron chi connectivity index (χ4n) is 1.31. The number of aryl methyl sites for hydroxylation is 1. The Morgan fingerprint density at radius 2 is 2.07 bits per heavy atom. The van der Waals surface area contributed by atoms with E-state index in [1.54, 1.807) is 11.8 Å². The SMILES string of the molecule is CCC(C)C(C#N)Sc1ccccc1C. The Bertz CT molecular complexity index is 354. The fourth-order valence-corrected chi connectivity index (χ4v) is 2.47. The Hall–Kier alpha value is -0.940. The molecule has 2 heteroatoms. The third-order valence-corrected chi connectivity index (χ3v) is 4.17. The number of hydrogen-bond acceptors (Lipinski definition) is 2. The van der Waals surface area contributed by atoms with Crippen LogP contribution in [0.5, 0.6) is 0 Å². The molecular weight excluding hydrogens is 202 g/mol. The van der Waals surface area contributed by atoms with Gasteiger partial charge in [-0.1, -0.05) is 38.5 Å². The van der Waals surface area contributed by atoms with Crippen LogP contribution in [0.15, 0.2) is 29.2 Å². The first kappa shape index (κ1) is 12.1. The van der Waals surface area contributed by atoms with Gasteiger partial charge in [-0.3, -0.25) is 0 Å². The van der Waals surface area contributed by atoms with Crippen LogP contribution in [0.4, 0.5) is 0 Å². The highest BCUT2D eigenvalue weighted by molar-refractivity contribution is 8.00. The van der Waals surface area contributed by atoms with Crippen LogP contribution in [0.2, 0.25) is 0 Å². The summed E-state index contributed by atoms with van der Waals surface area (Å²) in [6.45, 7) is 6.36. The molecule has 0 amide bonds. The third-order valence-electron chi connectivity index (χ3n) is 2.64. The van der Waals surface area contributed by atoms with Crippen LogP contribution in [0, 0.1) is 24.2 Å². The second-order valence-corrected chi connectivity index (χ2v) is 5.00. The van der Waals surface area contributed by atoms with Crippen molar-refractivity contribution in [2.75, 3.05) is 0 Å². The summed E-state index contributed by atoms with van der Waals surface area (Å²) in [7, 11) is 0. The summed E-state index contributed by atoms with van der Waals surface area (Å²) in [5.74, 6) is 0.444. The van der Waals surface area contributed by atoms with Crippen molar-refractivity contribution in [1.82, 2.24) is 0 Å². The Labute approximate surface area is 96.5 Å². The summed E-state index contributed by atoms with van der Waals surface area (Å²) < 4.78 is 0. The first-order chi connectivity index (χ1) is 7.19. The van der Waals surface area contributed by atoms with Gasteiger partial charge in [-0.25, -0.2) is 0 Å². The normalized spacial score (nSPS) is 14.3. The molecule has 0 aliphatic heterocycles. The first-order valence-electron chi connectivity index (χ1n) is 5.31. The maximum atomic E-state index is 9.11. The summed E-state index contributed by atoms with van der Waals surface area (Å²) in [6, 6.07) is 10.6. The van der Waals surface area contributed by atoms with Crippen molar-refractivity contribution < 1.29 is 0 Å². The van der Waals surface area contributed by atoms with Gasteiger partial charge in [-0.05, 0) is 24.5 Å². The molecule has 1 nitrogen and oxygen atoms in total. The number of benzene rings is 1. The molecule has 0 spiro atoms. The Balaban J connectivity index is 2.76. The van der Waals surface area contributed by atoms with Gasteiger partial charge in [0.05, 0.1) is 11.3 Å². The quantitative estimate of drug-likeness (QED) is 0.714. The molecule has 0 N–H and O–H groups in total. The smallest absolute Gasteiger partial charge is 0.0989 e. The van der Waals surface area contributed by atoms with E-state index >= 15 is 0 Å². The number of nitriles is 1. The lowest BCUT2D eigenvalue weighted by Crippen LogP contribution is -2.10. The van der Waals surface area contributed by atoms with Gasteiger partial charge < -0.3 is 0 Å². The molecule has 0 aliphatic rings. The molecule has 0 aromatic heterocycles. The molecule has 15 heavy (non-hydrogen) atoms. The van der Waals surface area contributed by atoms with Crippen molar-refractivity contribution in [3.63, 3.8) is 0 Å². The van der Waals surface area contributed by atoms with Crippen molar-refractivity contribution in [2.45, 2.75) is 37.3 Å². The van der Waals surface area contributed by atoms with Gasteiger partial charge in [-0.2, -0.15) is 5.26 Å². The lowest BCUT2D eigenvalue weighted by atomic mass is 10.1. The van der Waals surface area contributed by atoms with Gasteiger partial charge in [0.25, 0.3) is 0 Å². The van der Waals surface area contributed by atoms with Crippen molar-refractivity contribution in [3.05, 3.63) is 29.8 Å². The summed E-state index contributed by atoms with van der Waals surface area (Å²) in [6.07, 6.45) is 1.05. The number of nitrogens with zero attached hydrogens (tertiary/aromatic N) is 1. The van der Waals surface area contributed by atoms with E-state index in [0.717, 1.165) is 6.42 Å². The van der Waals surface area contributed by atoms with Gasteiger partial charge in [0.1, 0.15) is 0 Å². The van der Waals surface area contributed by atoms with E-state index in [2.05, 4.69) is 39.0 Å². The minimum Gasteiger partial charge on any atom is -0.197 e. The molecule has 0 fully saturated rings. The monoisotopic (exact) mass is 219 g/mol. The molecule has 0 saturated heterocycles. The third kappa shape index (κ3) is 3.28. The molecule has 2 atom stereocenters. The maximum absolute atomic E-state index is 9.11. The number of hydrogen-bond donors (Lipinski definition) is 0. The molecule has 80 valence electrons. The van der Waals surface area contributed by atoms with Crippen molar-refractivity contribution in [1.29, 1.82) is 5.26 Å². The average Bonchev–Trinajstić information content (AvgIpc) is 2.27. The summed E-state index contributed by atoms with van der Waals surface area (Å²) in [5, 5.41) is 9.17. The Morgan fingerprint density at radius 1 is 1.40 bits per heavy atom. The van der Waals surface area contributed by atoms with Gasteiger partial charge in [-0.15, -0.1) is 11.8 Å². The summed E-state index contributed by atoms with van der Waals surface area (Å²) in [4.78, 5) is 1.23. The molecule has 1 aromatic carbocycles. The minimum absolute atomic E-state index is 0.0658. The second kappa shape index (κ2) is 5.82.